The summed E-state index contributed by atoms with van der Waals surface area (Å²) < 4.78 is 135. The molecule has 508 valence electrons. The van der Waals surface area contributed by atoms with E-state index in [0.29, 0.717) is 163 Å². The van der Waals surface area contributed by atoms with Gasteiger partial charge in [-0.05, 0) is 73.2 Å². The maximum Gasteiger partial charge on any atom is 0.416 e. The topological polar surface area (TPSA) is 294 Å². The lowest BCUT2D eigenvalue weighted by molar-refractivity contribution is -0.138. The van der Waals surface area contributed by atoms with Crippen molar-refractivity contribution >= 4 is 64.3 Å². The number of alkyl halides is 3. The Balaban J connectivity index is 0.590. The van der Waals surface area contributed by atoms with E-state index >= 15 is 0 Å². The highest BCUT2D eigenvalue weighted by atomic mass is 35.5. The quantitative estimate of drug-likeness (QED) is 0.0217. The first-order chi connectivity index (χ1) is 45.0. The Morgan fingerprint density at radius 1 is 0.527 bits per heavy atom. The van der Waals surface area contributed by atoms with Crippen LogP contribution >= 0.6 is 11.6 Å². The molecule has 4 aromatic carbocycles. The van der Waals surface area contributed by atoms with Crippen LogP contribution in [0.3, 0.4) is 0 Å². The normalized spacial score (nSPS) is 15.4. The van der Waals surface area contributed by atoms with E-state index in [4.69, 9.17) is 68.4 Å². The zero-order chi connectivity index (χ0) is 66.4. The molecule has 3 heterocycles. The molecule has 0 spiro atoms. The van der Waals surface area contributed by atoms with Crippen molar-refractivity contribution in [3.63, 3.8) is 0 Å². The number of hydrogen-bond acceptors (Lipinski definition) is 20. The summed E-state index contributed by atoms with van der Waals surface area (Å²) in [4.78, 5) is 90.5. The van der Waals surface area contributed by atoms with Crippen molar-refractivity contribution in [2.24, 2.45) is 0 Å². The lowest BCUT2D eigenvalue weighted by Gasteiger charge is -2.27. The van der Waals surface area contributed by atoms with E-state index in [0.717, 1.165) is 17.0 Å². The third-order valence-electron chi connectivity index (χ3n) is 13.9. The average molecular weight is 1340 g/mol. The molecule has 0 radical (unpaired) electrons. The van der Waals surface area contributed by atoms with Gasteiger partial charge in [-0.25, -0.2) is 8.78 Å². The number of fused-ring (bicyclic) bond motifs is 2. The molecule has 5 N–H and O–H groups in total. The molecular weight excluding hydrogens is 1260 g/mol. The number of anilines is 2. The molecule has 0 bridgehead atoms. The maximum atomic E-state index is 14.4. The molecule has 7 amide bonds. The van der Waals surface area contributed by atoms with Crippen LogP contribution in [0, 0.1) is 11.6 Å². The van der Waals surface area contributed by atoms with Crippen molar-refractivity contribution in [2.45, 2.75) is 31.1 Å². The van der Waals surface area contributed by atoms with E-state index in [2.05, 4.69) is 26.6 Å². The Labute approximate surface area is 537 Å². The largest absolute Gasteiger partial charge is 0.416 e. The second-order valence-corrected chi connectivity index (χ2v) is 20.9. The molecule has 1 unspecified atom stereocenters. The summed E-state index contributed by atoms with van der Waals surface area (Å²) in [6.07, 6.45) is -4.82. The average Bonchev–Trinajstić information content (AvgIpc) is 1.65. The van der Waals surface area contributed by atoms with Gasteiger partial charge in [-0.3, -0.25) is 43.8 Å². The number of piperidine rings is 1. The van der Waals surface area contributed by atoms with Crippen LogP contribution in [0.25, 0.3) is 0 Å². The number of imide groups is 2. The predicted octanol–water partition coefficient (Wildman–Crippen LogP) is 5.16. The first-order valence-electron chi connectivity index (χ1n) is 29.9. The van der Waals surface area contributed by atoms with E-state index in [1.54, 1.807) is 18.2 Å². The molecule has 0 aromatic heterocycles. The van der Waals surface area contributed by atoms with Gasteiger partial charge in [0.05, 0.1) is 181 Å². The third-order valence-corrected chi connectivity index (χ3v) is 14.2. The number of hydrogen-bond donors (Lipinski definition) is 5. The zero-order valence-electron chi connectivity index (χ0n) is 50.8. The number of ether oxygens (including phenoxy) is 12. The van der Waals surface area contributed by atoms with Crippen molar-refractivity contribution in [1.29, 1.82) is 0 Å². The molecule has 0 aliphatic carbocycles. The Kier molecular flexibility index (Phi) is 30.6. The van der Waals surface area contributed by atoms with E-state index in [9.17, 15) is 55.5 Å². The molecule has 31 heteroatoms. The zero-order valence-corrected chi connectivity index (χ0v) is 51.5. The van der Waals surface area contributed by atoms with Gasteiger partial charge in [0, 0.05) is 63.7 Å². The van der Waals surface area contributed by atoms with Gasteiger partial charge in [-0.1, -0.05) is 11.6 Å². The van der Waals surface area contributed by atoms with E-state index in [1.165, 1.54) is 18.2 Å². The van der Waals surface area contributed by atoms with Crippen LogP contribution in [0.4, 0.5) is 33.3 Å². The molecule has 3 aliphatic rings. The van der Waals surface area contributed by atoms with Crippen LogP contribution in [0.5, 0.6) is 0 Å². The minimum absolute atomic E-state index is 0.00899. The molecule has 2 atom stereocenters. The Morgan fingerprint density at radius 3 is 1.52 bits per heavy atom. The van der Waals surface area contributed by atoms with E-state index in [-0.39, 0.29) is 89.4 Å². The smallest absolute Gasteiger partial charge is 0.383 e. The SMILES string of the molecule is O=C1CCC(N2C(=O)c3ccc(NCCOCCOCCOCCOCCOCCOCCOCCOCCOCCOCCOCCOCCNC(=O)c4cc(NC(=O)c5cc(F)cc(C(F)(F)F)c5)c5c(c4)C(=O)N[C@@H]5c4cc(F)ccc4Cl)cc3C2=O)C(=O)N1. The summed E-state index contributed by atoms with van der Waals surface area (Å²) in [5.74, 6) is -6.84. The van der Waals surface area contributed by atoms with Gasteiger partial charge in [0.2, 0.25) is 11.8 Å². The van der Waals surface area contributed by atoms with Gasteiger partial charge in [-0.2, -0.15) is 13.2 Å². The second-order valence-electron chi connectivity index (χ2n) is 20.5. The van der Waals surface area contributed by atoms with Gasteiger partial charge in [-0.15, -0.1) is 0 Å². The fraction of sp³-hybridized carbons (Fsp3) is 0.500. The number of carbonyl (C=O) groups excluding carboxylic acids is 7. The number of halogens is 6. The number of carbonyl (C=O) groups is 7. The Bertz CT molecular complexity index is 3150. The third kappa shape index (κ3) is 23.7. The second kappa shape index (κ2) is 38.9. The van der Waals surface area contributed by atoms with Gasteiger partial charge in [0.15, 0.2) is 0 Å². The fourth-order valence-corrected chi connectivity index (χ4v) is 9.65. The highest BCUT2D eigenvalue weighted by Crippen LogP contribution is 2.41. The lowest BCUT2D eigenvalue weighted by Crippen LogP contribution is -2.54. The number of nitrogens with one attached hydrogen (secondary N) is 5. The Morgan fingerprint density at radius 2 is 1.01 bits per heavy atom. The van der Waals surface area contributed by atoms with Crippen LogP contribution in [-0.2, 0) is 72.6 Å². The van der Waals surface area contributed by atoms with Crippen LogP contribution < -0.4 is 26.6 Å². The van der Waals surface area contributed by atoms with Gasteiger partial charge < -0.3 is 78.1 Å². The summed E-state index contributed by atoms with van der Waals surface area (Å²) in [6, 6.07) is 9.73. The van der Waals surface area contributed by atoms with Gasteiger partial charge in [0.25, 0.3) is 29.5 Å². The van der Waals surface area contributed by atoms with Gasteiger partial charge >= 0.3 is 6.18 Å². The standard InChI is InChI=1S/C62H74ClF5N6O19/c63-50-4-1-43(64)38-48(50)55-54-49(58(78)73-55)35-41(36-51(54)71-57(77)40-33-42(62(66,67)68)37-44(65)34-40)56(76)70-8-10-83-12-14-85-16-18-87-20-22-89-24-26-91-28-30-93-32-31-92-29-27-90-25-23-88-21-19-86-17-15-84-13-11-82-9-7-69-45-2-3-46-47(39-45)61(81)74(60(46)80)52-5-6-53(75)72-59(52)79/h1-4,33-39,52,55,69H,5-32H2,(H,70,76)(H,71,77)(H,73,78)(H,72,75,79)/t52?,55-/m1/s1. The van der Waals surface area contributed by atoms with Crippen LogP contribution in [0.15, 0.2) is 66.7 Å². The number of benzene rings is 4. The monoisotopic (exact) mass is 1340 g/mol. The number of rotatable bonds is 45. The highest BCUT2D eigenvalue weighted by molar-refractivity contribution is 6.31. The van der Waals surface area contributed by atoms with E-state index < -0.39 is 82.4 Å². The van der Waals surface area contributed by atoms with Crippen LogP contribution in [-0.4, -0.2) is 224 Å². The number of nitrogens with zero attached hydrogens (tertiary/aromatic N) is 1. The maximum absolute atomic E-state index is 14.4. The molecular formula is C62H74ClF5N6O19. The molecule has 3 aliphatic heterocycles. The molecule has 1 fully saturated rings. The molecule has 0 saturated carbocycles. The minimum atomic E-state index is -4.97. The Hall–Kier alpha value is -7.17. The molecule has 25 nitrogen and oxygen atoms in total. The lowest BCUT2D eigenvalue weighted by atomic mass is 9.94. The van der Waals surface area contributed by atoms with Crippen molar-refractivity contribution in [1.82, 2.24) is 20.9 Å². The van der Waals surface area contributed by atoms with Crippen molar-refractivity contribution in [2.75, 3.05) is 182 Å². The summed E-state index contributed by atoms with van der Waals surface area (Å²) in [5.41, 5.74) is -1.37. The predicted molar refractivity (Wildman–Crippen MR) is 320 cm³/mol. The first-order valence-corrected chi connectivity index (χ1v) is 30.3. The van der Waals surface area contributed by atoms with Crippen LogP contribution in [0.1, 0.15) is 87.4 Å². The van der Waals surface area contributed by atoms with E-state index in [1.807, 2.05) is 0 Å². The first kappa shape index (κ1) is 73.2. The van der Waals surface area contributed by atoms with Crippen molar-refractivity contribution < 1.29 is 112 Å². The van der Waals surface area contributed by atoms with Crippen molar-refractivity contribution in [3.05, 3.63) is 128 Å². The summed E-state index contributed by atoms with van der Waals surface area (Å²) in [7, 11) is 0. The summed E-state index contributed by atoms with van der Waals surface area (Å²) in [6.45, 7) is 9.02. The number of amides is 7. The molecule has 93 heavy (non-hydrogen) atoms. The van der Waals surface area contributed by atoms with Crippen molar-refractivity contribution in [3.8, 4) is 0 Å². The summed E-state index contributed by atoms with van der Waals surface area (Å²) >= 11 is 6.35. The minimum Gasteiger partial charge on any atom is -0.383 e. The molecule has 4 aromatic rings. The molecule has 1 saturated heterocycles. The fourth-order valence-electron chi connectivity index (χ4n) is 9.42. The molecule has 7 rings (SSSR count). The highest BCUT2D eigenvalue weighted by Gasteiger charge is 2.45. The van der Waals surface area contributed by atoms with Gasteiger partial charge in [0.1, 0.15) is 17.7 Å². The summed E-state index contributed by atoms with van der Waals surface area (Å²) in [5, 5.41) is 13.0. The van der Waals surface area contributed by atoms with Crippen LogP contribution in [0.2, 0.25) is 5.02 Å².